The maximum absolute atomic E-state index is 12.9. The lowest BCUT2D eigenvalue weighted by molar-refractivity contribution is -0.150. The van der Waals surface area contributed by atoms with E-state index >= 15 is 0 Å². The van der Waals surface area contributed by atoms with Crippen molar-refractivity contribution >= 4 is 23.7 Å². The molecule has 2 atom stereocenters. The number of nitrogens with zero attached hydrogens (tertiary/aromatic N) is 1. The molecule has 0 aliphatic carbocycles. The maximum atomic E-state index is 12.9. The predicted molar refractivity (Wildman–Crippen MR) is 108 cm³/mol. The molecule has 152 valence electrons. The van der Waals surface area contributed by atoms with Crippen LogP contribution < -0.4 is 0 Å². The number of esters is 1. The standard InChI is InChI=1S/C21H32ClNO4/c1-6-18(16-9-11-17(22)12-10-16)19(20(24)26-7-2)23(14-13-15(4)5)21(25)27-8-3/h9-12,15,18-19H,6-8,13-14H2,1-5H3. The molecule has 0 radical (unpaired) electrons. The lowest BCUT2D eigenvalue weighted by Crippen LogP contribution is -2.50. The van der Waals surface area contributed by atoms with Gasteiger partial charge in [0.1, 0.15) is 6.04 Å². The van der Waals surface area contributed by atoms with Crippen molar-refractivity contribution in [1.82, 2.24) is 4.90 Å². The Balaban J connectivity index is 3.31. The molecular formula is C21H32ClNO4. The Labute approximate surface area is 168 Å². The van der Waals surface area contributed by atoms with Crippen LogP contribution in [-0.2, 0) is 14.3 Å². The van der Waals surface area contributed by atoms with Gasteiger partial charge in [-0.25, -0.2) is 9.59 Å². The number of benzene rings is 1. The summed E-state index contributed by atoms with van der Waals surface area (Å²) in [5.41, 5.74) is 0.943. The normalized spacial score (nSPS) is 13.1. The van der Waals surface area contributed by atoms with Gasteiger partial charge >= 0.3 is 12.1 Å². The van der Waals surface area contributed by atoms with Crippen molar-refractivity contribution < 1.29 is 19.1 Å². The first-order valence-corrected chi connectivity index (χ1v) is 10.1. The van der Waals surface area contributed by atoms with Gasteiger partial charge in [-0.1, -0.05) is 44.5 Å². The molecule has 0 N–H and O–H groups in total. The van der Waals surface area contributed by atoms with Crippen molar-refractivity contribution in [3.63, 3.8) is 0 Å². The van der Waals surface area contributed by atoms with E-state index in [0.29, 0.717) is 23.9 Å². The highest BCUT2D eigenvalue weighted by Crippen LogP contribution is 2.30. The van der Waals surface area contributed by atoms with Gasteiger partial charge in [-0.05, 0) is 50.3 Å². The third-order valence-electron chi connectivity index (χ3n) is 4.43. The van der Waals surface area contributed by atoms with Crippen molar-refractivity contribution in [3.05, 3.63) is 34.9 Å². The van der Waals surface area contributed by atoms with Crippen LogP contribution in [0.2, 0.25) is 5.02 Å². The van der Waals surface area contributed by atoms with E-state index in [1.807, 2.05) is 19.1 Å². The molecule has 1 aromatic carbocycles. The van der Waals surface area contributed by atoms with Crippen LogP contribution in [0.3, 0.4) is 0 Å². The Bertz CT molecular complexity index is 588. The van der Waals surface area contributed by atoms with Crippen LogP contribution in [-0.4, -0.2) is 42.8 Å². The van der Waals surface area contributed by atoms with Gasteiger partial charge in [0.2, 0.25) is 0 Å². The van der Waals surface area contributed by atoms with Crippen molar-refractivity contribution in [2.45, 2.75) is 59.4 Å². The summed E-state index contributed by atoms with van der Waals surface area (Å²) in [5, 5.41) is 0.628. The second-order valence-electron chi connectivity index (χ2n) is 6.84. The number of ether oxygens (including phenoxy) is 2. The molecule has 0 saturated heterocycles. The molecule has 0 aromatic heterocycles. The average molecular weight is 398 g/mol. The number of amides is 1. The number of carbonyl (C=O) groups is 2. The van der Waals surface area contributed by atoms with Crippen LogP contribution in [0.1, 0.15) is 58.9 Å². The molecule has 5 nitrogen and oxygen atoms in total. The van der Waals surface area contributed by atoms with E-state index in [4.69, 9.17) is 21.1 Å². The fourth-order valence-corrected chi connectivity index (χ4v) is 3.16. The first kappa shape index (κ1) is 23.3. The highest BCUT2D eigenvalue weighted by Gasteiger charge is 2.38. The topological polar surface area (TPSA) is 55.8 Å². The van der Waals surface area contributed by atoms with Gasteiger partial charge in [-0.3, -0.25) is 4.90 Å². The molecule has 2 unspecified atom stereocenters. The summed E-state index contributed by atoms with van der Waals surface area (Å²) in [5.74, 6) is -0.227. The lowest BCUT2D eigenvalue weighted by atomic mass is 9.88. The second kappa shape index (κ2) is 11.9. The van der Waals surface area contributed by atoms with Crippen molar-refractivity contribution in [3.8, 4) is 0 Å². The Morgan fingerprint density at radius 3 is 2.11 bits per heavy atom. The predicted octanol–water partition coefficient (Wildman–Crippen LogP) is 5.27. The number of rotatable bonds is 10. The molecule has 0 heterocycles. The zero-order valence-electron chi connectivity index (χ0n) is 17.0. The maximum Gasteiger partial charge on any atom is 0.410 e. The van der Waals surface area contributed by atoms with Crippen LogP contribution >= 0.6 is 11.6 Å². The summed E-state index contributed by atoms with van der Waals surface area (Å²) in [6.07, 6.45) is 0.956. The lowest BCUT2D eigenvalue weighted by Gasteiger charge is -2.35. The van der Waals surface area contributed by atoms with Gasteiger partial charge < -0.3 is 9.47 Å². The van der Waals surface area contributed by atoms with E-state index in [1.165, 1.54) is 4.90 Å². The molecule has 0 aliphatic rings. The summed E-state index contributed by atoms with van der Waals surface area (Å²) in [7, 11) is 0. The molecule has 1 rings (SSSR count). The largest absolute Gasteiger partial charge is 0.464 e. The van der Waals surface area contributed by atoms with E-state index in [9.17, 15) is 9.59 Å². The summed E-state index contributed by atoms with van der Waals surface area (Å²) in [6.45, 7) is 10.6. The third-order valence-corrected chi connectivity index (χ3v) is 4.68. The Morgan fingerprint density at radius 1 is 1.04 bits per heavy atom. The SMILES string of the molecule is CCOC(=O)C(C(CC)c1ccc(Cl)cc1)N(CCC(C)C)C(=O)OCC. The summed E-state index contributed by atoms with van der Waals surface area (Å²) in [6, 6.07) is 6.65. The van der Waals surface area contributed by atoms with Crippen molar-refractivity contribution in [1.29, 1.82) is 0 Å². The zero-order valence-corrected chi connectivity index (χ0v) is 17.8. The molecule has 0 saturated carbocycles. The average Bonchev–Trinajstić information content (AvgIpc) is 2.62. The number of carbonyl (C=O) groups excluding carboxylic acids is 2. The van der Waals surface area contributed by atoms with Gasteiger partial charge in [-0.2, -0.15) is 0 Å². The van der Waals surface area contributed by atoms with Crippen molar-refractivity contribution in [2.24, 2.45) is 5.92 Å². The highest BCUT2D eigenvalue weighted by molar-refractivity contribution is 6.30. The molecule has 0 spiro atoms. The Morgan fingerprint density at radius 2 is 1.63 bits per heavy atom. The first-order valence-electron chi connectivity index (χ1n) is 9.71. The molecular weight excluding hydrogens is 366 g/mol. The minimum Gasteiger partial charge on any atom is -0.464 e. The summed E-state index contributed by atoms with van der Waals surface area (Å²) >= 11 is 6.01. The Kier molecular flexibility index (Phi) is 10.2. The van der Waals surface area contributed by atoms with Crippen molar-refractivity contribution in [2.75, 3.05) is 19.8 Å². The second-order valence-corrected chi connectivity index (χ2v) is 7.27. The van der Waals surface area contributed by atoms with Gasteiger partial charge in [-0.15, -0.1) is 0 Å². The van der Waals surface area contributed by atoms with Crippen LogP contribution in [0.5, 0.6) is 0 Å². The minimum atomic E-state index is -0.742. The molecule has 0 bridgehead atoms. The molecule has 0 fully saturated rings. The molecule has 6 heteroatoms. The van der Waals surface area contributed by atoms with Gasteiger partial charge in [0.05, 0.1) is 13.2 Å². The molecule has 27 heavy (non-hydrogen) atoms. The summed E-state index contributed by atoms with van der Waals surface area (Å²) in [4.78, 5) is 27.1. The number of hydrogen-bond acceptors (Lipinski definition) is 4. The van der Waals surface area contributed by atoms with E-state index in [2.05, 4.69) is 13.8 Å². The van der Waals surface area contributed by atoms with E-state index in [-0.39, 0.29) is 19.1 Å². The minimum absolute atomic E-state index is 0.210. The van der Waals surface area contributed by atoms with Gasteiger partial charge in [0, 0.05) is 17.5 Å². The highest BCUT2D eigenvalue weighted by atomic mass is 35.5. The fourth-order valence-electron chi connectivity index (χ4n) is 3.04. The quantitative estimate of drug-likeness (QED) is 0.504. The van der Waals surface area contributed by atoms with E-state index in [1.54, 1.807) is 26.0 Å². The van der Waals surface area contributed by atoms with Gasteiger partial charge in [0.15, 0.2) is 0 Å². The fraction of sp³-hybridized carbons (Fsp3) is 0.619. The first-order chi connectivity index (χ1) is 12.8. The Hall–Kier alpha value is -1.75. The van der Waals surface area contributed by atoms with Crippen LogP contribution in [0, 0.1) is 5.92 Å². The monoisotopic (exact) mass is 397 g/mol. The zero-order chi connectivity index (χ0) is 20.4. The summed E-state index contributed by atoms with van der Waals surface area (Å²) < 4.78 is 10.6. The van der Waals surface area contributed by atoms with Gasteiger partial charge in [0.25, 0.3) is 0 Å². The molecule has 0 aliphatic heterocycles. The van der Waals surface area contributed by atoms with E-state index < -0.39 is 18.1 Å². The smallest absolute Gasteiger partial charge is 0.410 e. The number of halogens is 1. The van der Waals surface area contributed by atoms with Crippen LogP contribution in [0.25, 0.3) is 0 Å². The van der Waals surface area contributed by atoms with Crippen LogP contribution in [0.4, 0.5) is 4.79 Å². The van der Waals surface area contributed by atoms with Crippen LogP contribution in [0.15, 0.2) is 24.3 Å². The third kappa shape index (κ3) is 7.06. The molecule has 1 aromatic rings. The van der Waals surface area contributed by atoms with E-state index in [0.717, 1.165) is 12.0 Å². The number of hydrogen-bond donors (Lipinski definition) is 0. The molecule has 1 amide bonds.